The van der Waals surface area contributed by atoms with E-state index < -0.39 is 0 Å². The molecule has 1 N–H and O–H groups in total. The Bertz CT molecular complexity index is 1070. The molecule has 3 aromatic rings. The molecule has 26 heavy (non-hydrogen) atoms. The third kappa shape index (κ3) is 3.08. The Kier molecular flexibility index (Phi) is 4.79. The molecule has 0 aliphatic carbocycles. The van der Waals surface area contributed by atoms with Crippen LogP contribution in [0.25, 0.3) is 23.3 Å². The number of aromatic nitrogens is 4. The molecule has 0 spiro atoms. The maximum atomic E-state index is 12.5. The van der Waals surface area contributed by atoms with Crippen LogP contribution in [0.2, 0.25) is 0 Å². The van der Waals surface area contributed by atoms with Crippen LogP contribution in [0.3, 0.4) is 0 Å². The molecule has 0 fully saturated rings. The van der Waals surface area contributed by atoms with Gasteiger partial charge in [-0.25, -0.2) is 9.78 Å². The standard InChI is InChI=1S/C19H23N5O2/c1-5-23-17-16(18(25)24(6-2)19(23)26)20-15(21-17)12-9-13-7-10-14(11-8-13)22(3)4/h7-12H,5-6H2,1-4H3,(H,20,21)/b12-9+. The Labute approximate surface area is 151 Å². The number of anilines is 1. The Hall–Kier alpha value is -3.09. The third-order valence-electron chi connectivity index (χ3n) is 4.36. The minimum absolute atomic E-state index is 0.325. The van der Waals surface area contributed by atoms with E-state index in [9.17, 15) is 9.59 Å². The van der Waals surface area contributed by atoms with Crippen molar-refractivity contribution in [3.8, 4) is 0 Å². The smallest absolute Gasteiger partial charge is 0.332 e. The van der Waals surface area contributed by atoms with Crippen molar-refractivity contribution in [3.05, 3.63) is 56.5 Å². The number of imidazole rings is 1. The monoisotopic (exact) mass is 353 g/mol. The van der Waals surface area contributed by atoms with E-state index in [2.05, 4.69) is 9.97 Å². The molecule has 0 amide bonds. The molecule has 0 saturated heterocycles. The number of H-pyrrole nitrogens is 1. The van der Waals surface area contributed by atoms with E-state index in [4.69, 9.17) is 0 Å². The predicted molar refractivity (Wildman–Crippen MR) is 106 cm³/mol. The second-order valence-corrected chi connectivity index (χ2v) is 6.22. The van der Waals surface area contributed by atoms with E-state index in [1.54, 1.807) is 6.92 Å². The summed E-state index contributed by atoms with van der Waals surface area (Å²) in [4.78, 5) is 34.4. The highest BCUT2D eigenvalue weighted by molar-refractivity contribution is 5.75. The zero-order valence-electron chi connectivity index (χ0n) is 15.5. The largest absolute Gasteiger partial charge is 0.378 e. The number of rotatable bonds is 5. The Morgan fingerprint density at radius 1 is 1.04 bits per heavy atom. The number of nitrogens with one attached hydrogen (secondary N) is 1. The van der Waals surface area contributed by atoms with Gasteiger partial charge >= 0.3 is 5.69 Å². The summed E-state index contributed by atoms with van der Waals surface area (Å²) in [7, 11) is 3.99. The molecular formula is C19H23N5O2. The highest BCUT2D eigenvalue weighted by Gasteiger charge is 2.14. The molecule has 7 nitrogen and oxygen atoms in total. The normalized spacial score (nSPS) is 11.5. The molecule has 2 aromatic heterocycles. The van der Waals surface area contributed by atoms with Crippen molar-refractivity contribution in [1.29, 1.82) is 0 Å². The molecular weight excluding hydrogens is 330 g/mol. The Balaban J connectivity index is 2.03. The van der Waals surface area contributed by atoms with Crippen molar-refractivity contribution in [1.82, 2.24) is 19.1 Å². The van der Waals surface area contributed by atoms with Crippen molar-refractivity contribution in [2.24, 2.45) is 0 Å². The molecule has 2 heterocycles. The van der Waals surface area contributed by atoms with E-state index in [1.807, 2.05) is 62.3 Å². The van der Waals surface area contributed by atoms with Gasteiger partial charge in [-0.3, -0.25) is 13.9 Å². The number of hydrogen-bond donors (Lipinski definition) is 1. The predicted octanol–water partition coefficient (Wildman–Crippen LogP) is 2.16. The van der Waals surface area contributed by atoms with Gasteiger partial charge in [-0.05, 0) is 37.6 Å². The fourth-order valence-corrected chi connectivity index (χ4v) is 2.89. The van der Waals surface area contributed by atoms with Crippen LogP contribution in [-0.4, -0.2) is 33.2 Å². The lowest BCUT2D eigenvalue weighted by atomic mass is 10.2. The first-order valence-corrected chi connectivity index (χ1v) is 8.65. The highest BCUT2D eigenvalue weighted by Crippen LogP contribution is 2.14. The highest BCUT2D eigenvalue weighted by atomic mass is 16.2. The summed E-state index contributed by atoms with van der Waals surface area (Å²) >= 11 is 0. The van der Waals surface area contributed by atoms with Crippen molar-refractivity contribution < 1.29 is 0 Å². The average molecular weight is 353 g/mol. The number of aromatic amines is 1. The molecule has 7 heteroatoms. The lowest BCUT2D eigenvalue weighted by Crippen LogP contribution is -2.39. The van der Waals surface area contributed by atoms with E-state index in [0.29, 0.717) is 30.1 Å². The summed E-state index contributed by atoms with van der Waals surface area (Å²) in [6.45, 7) is 4.43. The van der Waals surface area contributed by atoms with Gasteiger partial charge < -0.3 is 9.88 Å². The van der Waals surface area contributed by atoms with Gasteiger partial charge in [-0.1, -0.05) is 18.2 Å². The molecule has 0 unspecified atom stereocenters. The zero-order chi connectivity index (χ0) is 18.8. The van der Waals surface area contributed by atoms with E-state index >= 15 is 0 Å². The maximum absolute atomic E-state index is 12.5. The topological polar surface area (TPSA) is 75.9 Å². The summed E-state index contributed by atoms with van der Waals surface area (Å²) in [6, 6.07) is 8.10. The van der Waals surface area contributed by atoms with Crippen LogP contribution in [0.5, 0.6) is 0 Å². The van der Waals surface area contributed by atoms with E-state index in [-0.39, 0.29) is 11.2 Å². The van der Waals surface area contributed by atoms with Gasteiger partial charge in [0.15, 0.2) is 5.65 Å². The summed E-state index contributed by atoms with van der Waals surface area (Å²) in [5.74, 6) is 0.546. The van der Waals surface area contributed by atoms with Gasteiger partial charge in [0.2, 0.25) is 0 Å². The van der Waals surface area contributed by atoms with Crippen molar-refractivity contribution in [2.45, 2.75) is 26.9 Å². The number of nitrogens with zero attached hydrogens (tertiary/aromatic N) is 4. The molecule has 0 bridgehead atoms. The summed E-state index contributed by atoms with van der Waals surface area (Å²) in [5.41, 5.74) is 2.24. The van der Waals surface area contributed by atoms with Gasteiger partial charge in [-0.2, -0.15) is 0 Å². The number of benzene rings is 1. The van der Waals surface area contributed by atoms with Crippen molar-refractivity contribution >= 4 is 29.0 Å². The lowest BCUT2D eigenvalue weighted by Gasteiger charge is -2.11. The molecule has 3 rings (SSSR count). The first-order chi connectivity index (χ1) is 12.5. The third-order valence-corrected chi connectivity index (χ3v) is 4.36. The first kappa shape index (κ1) is 17.7. The second-order valence-electron chi connectivity index (χ2n) is 6.22. The molecule has 0 aliphatic heterocycles. The molecule has 1 aromatic carbocycles. The second kappa shape index (κ2) is 7.03. The van der Waals surface area contributed by atoms with Crippen LogP contribution in [0.15, 0.2) is 33.9 Å². The molecule has 0 atom stereocenters. The van der Waals surface area contributed by atoms with Gasteiger partial charge in [0, 0.05) is 32.9 Å². The first-order valence-electron chi connectivity index (χ1n) is 8.65. The maximum Gasteiger partial charge on any atom is 0.332 e. The lowest BCUT2D eigenvalue weighted by molar-refractivity contribution is 0.605. The fourth-order valence-electron chi connectivity index (χ4n) is 2.89. The number of hydrogen-bond acceptors (Lipinski definition) is 4. The molecule has 0 saturated carbocycles. The van der Waals surface area contributed by atoms with Crippen LogP contribution < -0.4 is 16.1 Å². The van der Waals surface area contributed by atoms with Crippen LogP contribution in [0.1, 0.15) is 25.2 Å². The van der Waals surface area contributed by atoms with Crippen LogP contribution in [-0.2, 0) is 13.1 Å². The Morgan fingerprint density at radius 3 is 2.27 bits per heavy atom. The van der Waals surface area contributed by atoms with Gasteiger partial charge in [-0.15, -0.1) is 0 Å². The number of fused-ring (bicyclic) bond motifs is 1. The van der Waals surface area contributed by atoms with Crippen LogP contribution in [0, 0.1) is 0 Å². The number of aryl methyl sites for hydroxylation is 1. The van der Waals surface area contributed by atoms with Gasteiger partial charge in [0.1, 0.15) is 11.3 Å². The van der Waals surface area contributed by atoms with E-state index in [0.717, 1.165) is 11.3 Å². The fraction of sp³-hybridized carbons (Fsp3) is 0.316. The van der Waals surface area contributed by atoms with Crippen molar-refractivity contribution in [3.63, 3.8) is 0 Å². The molecule has 0 aliphatic rings. The summed E-state index contributed by atoms with van der Waals surface area (Å²) in [6.07, 6.45) is 3.73. The minimum Gasteiger partial charge on any atom is -0.378 e. The van der Waals surface area contributed by atoms with Gasteiger partial charge in [0.05, 0.1) is 0 Å². The molecule has 136 valence electrons. The van der Waals surface area contributed by atoms with Crippen LogP contribution >= 0.6 is 0 Å². The minimum atomic E-state index is -0.334. The van der Waals surface area contributed by atoms with Crippen LogP contribution in [0.4, 0.5) is 5.69 Å². The quantitative estimate of drug-likeness (QED) is 0.763. The zero-order valence-corrected chi connectivity index (χ0v) is 15.5. The van der Waals surface area contributed by atoms with Crippen molar-refractivity contribution in [2.75, 3.05) is 19.0 Å². The van der Waals surface area contributed by atoms with E-state index in [1.165, 1.54) is 9.13 Å². The summed E-state index contributed by atoms with van der Waals surface area (Å²) < 4.78 is 2.73. The average Bonchev–Trinajstić information content (AvgIpc) is 3.05. The van der Waals surface area contributed by atoms with Gasteiger partial charge in [0.25, 0.3) is 5.56 Å². The Morgan fingerprint density at radius 2 is 1.69 bits per heavy atom. The molecule has 0 radical (unpaired) electrons. The SMILES string of the molecule is CCn1c(=O)c2[nH]c(/C=C/c3ccc(N(C)C)cc3)nc2n(CC)c1=O. The summed E-state index contributed by atoms with van der Waals surface area (Å²) in [5, 5.41) is 0.